The Labute approximate surface area is 166 Å². The van der Waals surface area contributed by atoms with Crippen LogP contribution in [0.3, 0.4) is 0 Å². The summed E-state index contributed by atoms with van der Waals surface area (Å²) in [6, 6.07) is 18.3. The summed E-state index contributed by atoms with van der Waals surface area (Å²) in [5.41, 5.74) is 6.41. The van der Waals surface area contributed by atoms with E-state index in [9.17, 15) is 9.90 Å². The minimum Gasteiger partial charge on any atom is -0.478 e. The van der Waals surface area contributed by atoms with E-state index in [4.69, 9.17) is 0 Å². The van der Waals surface area contributed by atoms with Crippen molar-refractivity contribution >= 4 is 12.0 Å². The molecule has 0 atom stereocenters. The summed E-state index contributed by atoms with van der Waals surface area (Å²) < 4.78 is 2.09. The molecule has 0 saturated heterocycles. The zero-order valence-corrected chi connectivity index (χ0v) is 16.4. The maximum Gasteiger partial charge on any atom is 0.337 e. The van der Waals surface area contributed by atoms with Crippen molar-refractivity contribution in [3.05, 3.63) is 100 Å². The lowest BCUT2D eigenvalue weighted by Gasteiger charge is -2.11. The van der Waals surface area contributed by atoms with Crippen LogP contribution in [0.5, 0.6) is 0 Å². The molecule has 0 spiro atoms. The molecule has 1 heterocycles. The van der Waals surface area contributed by atoms with Crippen LogP contribution in [0.15, 0.2) is 61.2 Å². The van der Waals surface area contributed by atoms with Gasteiger partial charge in [0.2, 0.25) is 0 Å². The number of benzene rings is 2. The van der Waals surface area contributed by atoms with Crippen molar-refractivity contribution in [2.45, 2.75) is 33.5 Å². The SMILES string of the molecule is C=Cc1ccc(Cn2c(C)c(CNCc3ccccc3)c(C(=O)O)c2C)cc1. The lowest BCUT2D eigenvalue weighted by Crippen LogP contribution is -2.15. The fourth-order valence-electron chi connectivity index (χ4n) is 3.56. The van der Waals surface area contributed by atoms with Gasteiger partial charge in [-0.1, -0.05) is 67.3 Å². The van der Waals surface area contributed by atoms with Gasteiger partial charge in [-0.15, -0.1) is 0 Å². The summed E-state index contributed by atoms with van der Waals surface area (Å²) in [6.45, 7) is 9.53. The number of rotatable bonds is 8. The monoisotopic (exact) mass is 374 g/mol. The van der Waals surface area contributed by atoms with Gasteiger partial charge in [-0.25, -0.2) is 4.79 Å². The molecule has 0 bridgehead atoms. The minimum absolute atomic E-state index is 0.403. The van der Waals surface area contributed by atoms with Crippen molar-refractivity contribution in [2.24, 2.45) is 0 Å². The molecule has 0 fully saturated rings. The summed E-state index contributed by atoms with van der Waals surface area (Å²) >= 11 is 0. The van der Waals surface area contributed by atoms with Crippen LogP contribution in [-0.4, -0.2) is 15.6 Å². The first-order valence-electron chi connectivity index (χ1n) is 9.39. The van der Waals surface area contributed by atoms with E-state index in [0.717, 1.165) is 28.1 Å². The molecule has 28 heavy (non-hydrogen) atoms. The third-order valence-electron chi connectivity index (χ3n) is 5.15. The highest BCUT2D eigenvalue weighted by atomic mass is 16.4. The number of aromatic nitrogens is 1. The zero-order chi connectivity index (χ0) is 20.1. The molecule has 2 N–H and O–H groups in total. The van der Waals surface area contributed by atoms with E-state index < -0.39 is 5.97 Å². The van der Waals surface area contributed by atoms with E-state index in [0.29, 0.717) is 25.2 Å². The third-order valence-corrected chi connectivity index (χ3v) is 5.15. The van der Waals surface area contributed by atoms with Crippen LogP contribution in [0.1, 0.15) is 44.0 Å². The summed E-state index contributed by atoms with van der Waals surface area (Å²) in [5, 5.41) is 13.2. The predicted octanol–water partition coefficient (Wildman–Crippen LogP) is 4.78. The number of aromatic carboxylic acids is 1. The first-order chi connectivity index (χ1) is 13.5. The van der Waals surface area contributed by atoms with Gasteiger partial charge in [0.05, 0.1) is 5.56 Å². The number of hydrogen-bond donors (Lipinski definition) is 2. The van der Waals surface area contributed by atoms with Crippen LogP contribution in [0.4, 0.5) is 0 Å². The van der Waals surface area contributed by atoms with Gasteiger partial charge in [0.1, 0.15) is 0 Å². The molecule has 4 nitrogen and oxygen atoms in total. The van der Waals surface area contributed by atoms with E-state index in [1.54, 1.807) is 0 Å². The van der Waals surface area contributed by atoms with Crippen molar-refractivity contribution in [3.8, 4) is 0 Å². The Morgan fingerprint density at radius 1 is 1.00 bits per heavy atom. The fourth-order valence-corrected chi connectivity index (χ4v) is 3.56. The molecule has 3 rings (SSSR count). The third kappa shape index (κ3) is 4.24. The molecule has 0 radical (unpaired) electrons. The molecule has 2 aromatic carbocycles. The van der Waals surface area contributed by atoms with Gasteiger partial charge >= 0.3 is 5.97 Å². The first kappa shape index (κ1) is 19.6. The van der Waals surface area contributed by atoms with Gasteiger partial charge in [0.15, 0.2) is 0 Å². The molecule has 3 aromatic rings. The molecule has 0 saturated carbocycles. The summed E-state index contributed by atoms with van der Waals surface area (Å²) in [4.78, 5) is 11.9. The molecule has 0 amide bonds. The summed E-state index contributed by atoms with van der Waals surface area (Å²) in [7, 11) is 0. The average Bonchev–Trinajstić information content (AvgIpc) is 2.94. The molecule has 144 valence electrons. The lowest BCUT2D eigenvalue weighted by atomic mass is 10.1. The van der Waals surface area contributed by atoms with Gasteiger partial charge < -0.3 is 15.0 Å². The number of nitrogens with one attached hydrogen (secondary N) is 1. The quantitative estimate of drug-likeness (QED) is 0.596. The number of carboxylic acids is 1. The van der Waals surface area contributed by atoms with Crippen molar-refractivity contribution in [1.29, 1.82) is 0 Å². The molecule has 0 unspecified atom stereocenters. The predicted molar refractivity (Wildman–Crippen MR) is 113 cm³/mol. The summed E-state index contributed by atoms with van der Waals surface area (Å²) in [5.74, 6) is -0.877. The molecule has 0 aliphatic carbocycles. The number of nitrogens with zero attached hydrogens (tertiary/aromatic N) is 1. The Morgan fingerprint density at radius 2 is 1.68 bits per heavy atom. The molecular formula is C24H26N2O2. The summed E-state index contributed by atoms with van der Waals surface area (Å²) in [6.07, 6.45) is 1.81. The van der Waals surface area contributed by atoms with Crippen LogP contribution in [0, 0.1) is 13.8 Å². The van der Waals surface area contributed by atoms with Gasteiger partial charge in [-0.2, -0.15) is 0 Å². The van der Waals surface area contributed by atoms with Crippen LogP contribution in [-0.2, 0) is 19.6 Å². The highest BCUT2D eigenvalue weighted by molar-refractivity contribution is 5.91. The Bertz CT molecular complexity index is 970. The van der Waals surface area contributed by atoms with E-state index in [1.165, 1.54) is 5.56 Å². The fraction of sp³-hybridized carbons (Fsp3) is 0.208. The Kier molecular flexibility index (Phi) is 6.12. The van der Waals surface area contributed by atoms with Crippen molar-refractivity contribution in [1.82, 2.24) is 9.88 Å². The van der Waals surface area contributed by atoms with Crippen LogP contribution < -0.4 is 5.32 Å². The Morgan fingerprint density at radius 3 is 2.29 bits per heavy atom. The molecule has 0 aliphatic rings. The lowest BCUT2D eigenvalue weighted by molar-refractivity contribution is 0.0694. The second-order valence-corrected chi connectivity index (χ2v) is 6.95. The van der Waals surface area contributed by atoms with E-state index >= 15 is 0 Å². The van der Waals surface area contributed by atoms with E-state index in [1.807, 2.05) is 50.3 Å². The van der Waals surface area contributed by atoms with Crippen LogP contribution in [0.2, 0.25) is 0 Å². The van der Waals surface area contributed by atoms with Crippen molar-refractivity contribution in [2.75, 3.05) is 0 Å². The standard InChI is InChI=1S/C24H26N2O2/c1-4-19-10-12-21(13-11-19)16-26-17(2)22(23(18(26)3)24(27)28)15-25-14-20-8-6-5-7-9-20/h4-13,25H,1,14-16H2,2-3H3,(H,27,28). The highest BCUT2D eigenvalue weighted by Crippen LogP contribution is 2.24. The molecule has 1 aromatic heterocycles. The number of carboxylic acid groups (broad SMARTS) is 1. The molecule has 4 heteroatoms. The minimum atomic E-state index is -0.877. The first-order valence-corrected chi connectivity index (χ1v) is 9.39. The molecular weight excluding hydrogens is 348 g/mol. The maximum atomic E-state index is 11.9. The van der Waals surface area contributed by atoms with Gasteiger partial charge in [0, 0.05) is 36.6 Å². The van der Waals surface area contributed by atoms with Crippen molar-refractivity contribution < 1.29 is 9.90 Å². The topological polar surface area (TPSA) is 54.3 Å². The average molecular weight is 374 g/mol. The normalized spacial score (nSPS) is 10.8. The number of carbonyl (C=O) groups is 1. The van der Waals surface area contributed by atoms with Gasteiger partial charge in [-0.3, -0.25) is 0 Å². The highest BCUT2D eigenvalue weighted by Gasteiger charge is 2.22. The Hall–Kier alpha value is -3.11. The second kappa shape index (κ2) is 8.72. The maximum absolute atomic E-state index is 11.9. The Balaban J connectivity index is 1.83. The smallest absolute Gasteiger partial charge is 0.337 e. The second-order valence-electron chi connectivity index (χ2n) is 6.95. The van der Waals surface area contributed by atoms with Gasteiger partial charge in [0.25, 0.3) is 0 Å². The van der Waals surface area contributed by atoms with Crippen LogP contribution in [0.25, 0.3) is 6.08 Å². The number of hydrogen-bond acceptors (Lipinski definition) is 2. The zero-order valence-electron chi connectivity index (χ0n) is 16.4. The van der Waals surface area contributed by atoms with E-state index in [-0.39, 0.29) is 0 Å². The van der Waals surface area contributed by atoms with Crippen molar-refractivity contribution in [3.63, 3.8) is 0 Å². The van der Waals surface area contributed by atoms with Crippen LogP contribution >= 0.6 is 0 Å². The molecule has 0 aliphatic heterocycles. The van der Waals surface area contributed by atoms with Gasteiger partial charge in [-0.05, 0) is 30.5 Å². The van der Waals surface area contributed by atoms with E-state index in [2.05, 4.69) is 40.7 Å². The largest absolute Gasteiger partial charge is 0.478 e.